The first-order valence-electron chi connectivity index (χ1n) is 9.11. The fourth-order valence-corrected chi connectivity index (χ4v) is 2.48. The number of hydrogen-bond acceptors (Lipinski definition) is 6. The van der Waals surface area contributed by atoms with Gasteiger partial charge in [0.05, 0.1) is 26.5 Å². The van der Waals surface area contributed by atoms with Crippen molar-refractivity contribution >= 4 is 23.6 Å². The van der Waals surface area contributed by atoms with Crippen molar-refractivity contribution in [2.75, 3.05) is 26.1 Å². The largest absolute Gasteiger partial charge is 0.495 e. The van der Waals surface area contributed by atoms with Gasteiger partial charge in [0.25, 0.3) is 5.91 Å². The zero-order chi connectivity index (χ0) is 21.2. The third-order valence-electron chi connectivity index (χ3n) is 3.93. The van der Waals surface area contributed by atoms with Crippen LogP contribution in [-0.4, -0.2) is 38.8 Å². The number of rotatable bonds is 9. The lowest BCUT2D eigenvalue weighted by Crippen LogP contribution is -2.29. The molecule has 0 spiro atoms. The Morgan fingerprint density at radius 2 is 1.76 bits per heavy atom. The van der Waals surface area contributed by atoms with Crippen molar-refractivity contribution in [1.82, 2.24) is 0 Å². The van der Waals surface area contributed by atoms with E-state index < -0.39 is 18.0 Å². The van der Waals surface area contributed by atoms with Crippen LogP contribution < -0.4 is 19.5 Å². The highest BCUT2D eigenvalue weighted by atomic mass is 16.5. The molecule has 1 atom stereocenters. The highest BCUT2D eigenvalue weighted by Gasteiger charge is 2.18. The summed E-state index contributed by atoms with van der Waals surface area (Å²) in [7, 11) is 3.07. The average Bonchev–Trinajstić information content (AvgIpc) is 2.73. The lowest BCUT2D eigenvalue weighted by Gasteiger charge is -2.14. The summed E-state index contributed by atoms with van der Waals surface area (Å²) in [5, 5.41) is 2.68. The first-order chi connectivity index (χ1) is 14.0. The Morgan fingerprint density at radius 3 is 2.45 bits per heavy atom. The van der Waals surface area contributed by atoms with Gasteiger partial charge in [-0.3, -0.25) is 4.79 Å². The minimum atomic E-state index is -0.980. The summed E-state index contributed by atoms with van der Waals surface area (Å²) < 4.78 is 21.1. The molecule has 0 aliphatic rings. The van der Waals surface area contributed by atoms with E-state index in [4.69, 9.17) is 18.9 Å². The van der Waals surface area contributed by atoms with E-state index in [-0.39, 0.29) is 0 Å². The lowest BCUT2D eigenvalue weighted by molar-refractivity contribution is -0.148. The molecule has 29 heavy (non-hydrogen) atoms. The molecule has 0 aliphatic carbocycles. The molecular weight excluding hydrogens is 374 g/mol. The first kappa shape index (κ1) is 21.8. The van der Waals surface area contributed by atoms with Crippen molar-refractivity contribution in [3.63, 3.8) is 0 Å². The maximum absolute atomic E-state index is 12.3. The third-order valence-corrected chi connectivity index (χ3v) is 3.93. The number of para-hydroxylation sites is 2. The molecule has 0 unspecified atom stereocenters. The fourth-order valence-electron chi connectivity index (χ4n) is 2.48. The molecule has 2 aromatic carbocycles. The molecule has 0 saturated heterocycles. The van der Waals surface area contributed by atoms with E-state index in [1.807, 2.05) is 6.92 Å². The van der Waals surface area contributed by atoms with Crippen LogP contribution in [0.2, 0.25) is 0 Å². The Hall–Kier alpha value is -3.48. The molecule has 7 nitrogen and oxygen atoms in total. The van der Waals surface area contributed by atoms with Crippen LogP contribution in [0.15, 0.2) is 48.5 Å². The molecule has 2 aromatic rings. The molecule has 0 aromatic heterocycles. The Morgan fingerprint density at radius 1 is 1.03 bits per heavy atom. The molecule has 0 radical (unpaired) electrons. The maximum atomic E-state index is 12.3. The second kappa shape index (κ2) is 10.8. The second-order valence-corrected chi connectivity index (χ2v) is 5.95. The summed E-state index contributed by atoms with van der Waals surface area (Å²) in [5.74, 6) is 0.605. The van der Waals surface area contributed by atoms with Gasteiger partial charge in [0.15, 0.2) is 17.6 Å². The van der Waals surface area contributed by atoms with Gasteiger partial charge >= 0.3 is 5.97 Å². The maximum Gasteiger partial charge on any atom is 0.331 e. The monoisotopic (exact) mass is 399 g/mol. The summed E-state index contributed by atoms with van der Waals surface area (Å²) in [6, 6.07) is 12.3. The summed E-state index contributed by atoms with van der Waals surface area (Å²) >= 11 is 0. The zero-order valence-electron chi connectivity index (χ0n) is 16.9. The minimum Gasteiger partial charge on any atom is -0.495 e. The molecule has 7 heteroatoms. The van der Waals surface area contributed by atoms with E-state index in [1.165, 1.54) is 20.1 Å². The van der Waals surface area contributed by atoms with Gasteiger partial charge in [-0.25, -0.2) is 4.79 Å². The van der Waals surface area contributed by atoms with Crippen LogP contribution in [0.5, 0.6) is 17.2 Å². The predicted octanol–water partition coefficient (Wildman–Crippen LogP) is 3.69. The molecule has 1 N–H and O–H groups in total. The minimum absolute atomic E-state index is 0.459. The third kappa shape index (κ3) is 6.27. The van der Waals surface area contributed by atoms with Gasteiger partial charge < -0.3 is 24.3 Å². The van der Waals surface area contributed by atoms with Gasteiger partial charge in [-0.1, -0.05) is 18.2 Å². The van der Waals surface area contributed by atoms with Crippen LogP contribution in [0, 0.1) is 0 Å². The van der Waals surface area contributed by atoms with E-state index in [9.17, 15) is 9.59 Å². The molecule has 154 valence electrons. The van der Waals surface area contributed by atoms with Crippen molar-refractivity contribution in [3.05, 3.63) is 54.1 Å². The van der Waals surface area contributed by atoms with Gasteiger partial charge in [0.2, 0.25) is 0 Å². The van der Waals surface area contributed by atoms with Gasteiger partial charge in [-0.2, -0.15) is 0 Å². The van der Waals surface area contributed by atoms with Crippen LogP contribution in [0.3, 0.4) is 0 Å². The fraction of sp³-hybridized carbons (Fsp3) is 0.273. The summed E-state index contributed by atoms with van der Waals surface area (Å²) in [5.41, 5.74) is 1.23. The molecule has 0 heterocycles. The van der Waals surface area contributed by atoms with E-state index >= 15 is 0 Å². The number of benzene rings is 2. The summed E-state index contributed by atoms with van der Waals surface area (Å²) in [4.78, 5) is 24.3. The van der Waals surface area contributed by atoms with E-state index in [0.29, 0.717) is 29.5 Å². The number of ether oxygens (including phenoxy) is 4. The molecule has 0 aliphatic heterocycles. The van der Waals surface area contributed by atoms with Crippen molar-refractivity contribution < 1.29 is 28.5 Å². The van der Waals surface area contributed by atoms with Crippen LogP contribution in [0.25, 0.3) is 6.08 Å². The summed E-state index contributed by atoms with van der Waals surface area (Å²) in [6.07, 6.45) is 1.85. The van der Waals surface area contributed by atoms with Crippen molar-refractivity contribution in [2.45, 2.75) is 20.0 Å². The van der Waals surface area contributed by atoms with E-state index in [0.717, 1.165) is 5.56 Å². The molecule has 1 amide bonds. The van der Waals surface area contributed by atoms with Gasteiger partial charge in [0.1, 0.15) is 5.75 Å². The normalized spacial score (nSPS) is 11.6. The Kier molecular flexibility index (Phi) is 8.09. The molecular formula is C22H25NO6. The SMILES string of the molecule is CCOc1cc(/C=C/C(=O)O[C@H](C)C(=O)Nc2ccccc2OC)ccc1OC. The first-order valence-corrected chi connectivity index (χ1v) is 9.11. The number of carbonyl (C=O) groups is 2. The standard InChI is InChI=1S/C22H25NO6/c1-5-28-20-14-16(10-12-19(20)27-4)11-13-21(24)29-15(2)22(25)23-17-8-6-7-9-18(17)26-3/h6-15H,5H2,1-4H3,(H,23,25)/b13-11+/t15-/m1/s1. The number of esters is 1. The van der Waals surface area contributed by atoms with Crippen molar-refractivity contribution in [2.24, 2.45) is 0 Å². The lowest BCUT2D eigenvalue weighted by atomic mass is 10.2. The zero-order valence-corrected chi connectivity index (χ0v) is 16.9. The predicted molar refractivity (Wildman–Crippen MR) is 110 cm³/mol. The van der Waals surface area contributed by atoms with Gasteiger partial charge in [-0.05, 0) is 49.8 Å². The number of amides is 1. The second-order valence-electron chi connectivity index (χ2n) is 5.95. The number of carbonyl (C=O) groups excluding carboxylic acids is 2. The van der Waals surface area contributed by atoms with Crippen molar-refractivity contribution in [1.29, 1.82) is 0 Å². The highest BCUT2D eigenvalue weighted by molar-refractivity contribution is 5.97. The topological polar surface area (TPSA) is 83.1 Å². The molecule has 2 rings (SSSR count). The highest BCUT2D eigenvalue weighted by Crippen LogP contribution is 2.28. The van der Waals surface area contributed by atoms with Crippen molar-refractivity contribution in [3.8, 4) is 17.2 Å². The number of hydrogen-bond donors (Lipinski definition) is 1. The van der Waals surface area contributed by atoms with Crippen LogP contribution in [0.4, 0.5) is 5.69 Å². The van der Waals surface area contributed by atoms with Crippen LogP contribution >= 0.6 is 0 Å². The Labute approximate surface area is 170 Å². The Bertz CT molecular complexity index is 877. The smallest absolute Gasteiger partial charge is 0.331 e. The molecule has 0 bridgehead atoms. The van der Waals surface area contributed by atoms with Crippen LogP contribution in [-0.2, 0) is 14.3 Å². The van der Waals surface area contributed by atoms with E-state index in [2.05, 4.69) is 5.32 Å². The van der Waals surface area contributed by atoms with Gasteiger partial charge in [-0.15, -0.1) is 0 Å². The number of methoxy groups -OCH3 is 2. The van der Waals surface area contributed by atoms with Crippen LogP contribution in [0.1, 0.15) is 19.4 Å². The molecule has 0 fully saturated rings. The quantitative estimate of drug-likeness (QED) is 0.512. The molecule has 0 saturated carbocycles. The number of nitrogens with one attached hydrogen (secondary N) is 1. The summed E-state index contributed by atoms with van der Waals surface area (Å²) in [6.45, 7) is 3.86. The Balaban J connectivity index is 1.97. The average molecular weight is 399 g/mol. The van der Waals surface area contributed by atoms with Gasteiger partial charge in [0, 0.05) is 6.08 Å². The van der Waals surface area contributed by atoms with E-state index in [1.54, 1.807) is 55.7 Å². The number of anilines is 1.